The van der Waals surface area contributed by atoms with Crippen LogP contribution in [0.2, 0.25) is 0 Å². The molecule has 0 spiro atoms. The van der Waals surface area contributed by atoms with Gasteiger partial charge in [-0.05, 0) is 13.8 Å². The van der Waals surface area contributed by atoms with Crippen molar-refractivity contribution < 1.29 is 25.3 Å². The van der Waals surface area contributed by atoms with Crippen molar-refractivity contribution >= 4 is 16.9 Å². The summed E-state index contributed by atoms with van der Waals surface area (Å²) in [5.41, 5.74) is 1.21. The van der Waals surface area contributed by atoms with Gasteiger partial charge in [-0.15, -0.1) is 0 Å². The zero-order valence-corrected chi connectivity index (χ0v) is 12.0. The molecular formula is C12H17N5O5. The van der Waals surface area contributed by atoms with E-state index in [0.29, 0.717) is 16.7 Å². The fourth-order valence-corrected chi connectivity index (χ4v) is 2.68. The molecule has 0 saturated carbocycles. The van der Waals surface area contributed by atoms with Crippen LogP contribution >= 0.6 is 0 Å². The van der Waals surface area contributed by atoms with Gasteiger partial charge in [-0.1, -0.05) is 0 Å². The van der Waals surface area contributed by atoms with E-state index >= 15 is 0 Å². The van der Waals surface area contributed by atoms with Crippen LogP contribution in [0.1, 0.15) is 24.5 Å². The number of anilines is 1. The number of hydrogen-bond donors (Lipinski definition) is 6. The summed E-state index contributed by atoms with van der Waals surface area (Å²) in [6.07, 6.45) is -3.32. The van der Waals surface area contributed by atoms with Gasteiger partial charge in [0.15, 0.2) is 17.3 Å². The van der Waals surface area contributed by atoms with E-state index in [1.165, 1.54) is 6.92 Å². The maximum atomic E-state index is 10.4. The van der Waals surface area contributed by atoms with E-state index in [4.69, 9.17) is 4.74 Å². The number of fused-ring (bicyclic) bond motifs is 1. The lowest BCUT2D eigenvalue weighted by molar-refractivity contribution is -0.0673. The first kappa shape index (κ1) is 15.1. The summed E-state index contributed by atoms with van der Waals surface area (Å²) in [7, 11) is 0. The molecule has 10 nitrogen and oxygen atoms in total. The molecule has 120 valence electrons. The maximum absolute atomic E-state index is 10.4. The second kappa shape index (κ2) is 5.11. The van der Waals surface area contributed by atoms with Gasteiger partial charge in [0.2, 0.25) is 0 Å². The van der Waals surface area contributed by atoms with Crippen molar-refractivity contribution in [3.05, 3.63) is 11.5 Å². The van der Waals surface area contributed by atoms with Crippen LogP contribution < -0.4 is 5.48 Å². The Morgan fingerprint density at radius 1 is 1.41 bits per heavy atom. The molecule has 1 saturated heterocycles. The summed E-state index contributed by atoms with van der Waals surface area (Å²) in [4.78, 5) is 8.35. The van der Waals surface area contributed by atoms with Crippen molar-refractivity contribution in [2.75, 3.05) is 12.1 Å². The molecule has 10 heteroatoms. The van der Waals surface area contributed by atoms with Gasteiger partial charge in [-0.25, -0.2) is 9.97 Å². The third kappa shape index (κ3) is 2.04. The first-order chi connectivity index (χ1) is 10.4. The molecule has 0 unspecified atom stereocenters. The minimum absolute atomic E-state index is 0.0488. The number of aryl methyl sites for hydroxylation is 1. The Kier molecular flexibility index (Phi) is 3.50. The second-order valence-electron chi connectivity index (χ2n) is 5.48. The molecule has 2 aromatic rings. The van der Waals surface area contributed by atoms with E-state index in [-0.39, 0.29) is 11.6 Å². The van der Waals surface area contributed by atoms with E-state index in [1.807, 2.05) is 5.48 Å². The standard InChI is InChI=1S/C12H17N5O5/c1-4-6-9(16-15-4)13-11(14-10(6)17-21)8-12(2,20)7(19)5(3-18)22-8/h5,7-8,18-21H,3H2,1-2H3,(H2,13,14,15,16,17)/t5-,7-,8+,12-/m1/s1. The van der Waals surface area contributed by atoms with Crippen LogP contribution in [-0.4, -0.2) is 65.1 Å². The van der Waals surface area contributed by atoms with Crippen LogP contribution in [0, 0.1) is 6.92 Å². The lowest BCUT2D eigenvalue weighted by Crippen LogP contribution is -2.43. The van der Waals surface area contributed by atoms with Gasteiger partial charge in [-0.3, -0.25) is 15.8 Å². The molecule has 1 aliphatic heterocycles. The maximum Gasteiger partial charge on any atom is 0.165 e. The molecule has 1 fully saturated rings. The molecule has 0 aliphatic carbocycles. The number of H-pyrrole nitrogens is 1. The van der Waals surface area contributed by atoms with Gasteiger partial charge < -0.3 is 20.1 Å². The number of aromatic nitrogens is 4. The summed E-state index contributed by atoms with van der Waals surface area (Å²) in [5.74, 6) is 0.153. The summed E-state index contributed by atoms with van der Waals surface area (Å²) >= 11 is 0. The van der Waals surface area contributed by atoms with Crippen LogP contribution in [0.5, 0.6) is 0 Å². The fourth-order valence-electron chi connectivity index (χ4n) is 2.68. The van der Waals surface area contributed by atoms with Crippen molar-refractivity contribution in [1.29, 1.82) is 0 Å². The number of ether oxygens (including phenoxy) is 1. The normalized spacial score (nSPS) is 31.8. The van der Waals surface area contributed by atoms with Crippen molar-refractivity contribution in [3.63, 3.8) is 0 Å². The zero-order chi connectivity index (χ0) is 16.1. The van der Waals surface area contributed by atoms with Crippen LogP contribution in [0.25, 0.3) is 11.0 Å². The highest BCUT2D eigenvalue weighted by molar-refractivity contribution is 5.88. The third-order valence-corrected chi connectivity index (χ3v) is 3.93. The van der Waals surface area contributed by atoms with Gasteiger partial charge >= 0.3 is 0 Å². The minimum Gasteiger partial charge on any atom is -0.394 e. The number of rotatable bonds is 3. The highest BCUT2D eigenvalue weighted by atomic mass is 16.6. The molecule has 0 amide bonds. The summed E-state index contributed by atoms with van der Waals surface area (Å²) < 4.78 is 5.46. The monoisotopic (exact) mass is 311 g/mol. The Bertz CT molecular complexity index is 703. The van der Waals surface area contributed by atoms with E-state index in [0.717, 1.165) is 0 Å². The molecule has 6 N–H and O–H groups in total. The lowest BCUT2D eigenvalue weighted by atomic mass is 9.92. The van der Waals surface area contributed by atoms with Crippen molar-refractivity contribution in [1.82, 2.24) is 20.2 Å². The predicted octanol–water partition coefficient (Wildman–Crippen LogP) is -0.993. The first-order valence-corrected chi connectivity index (χ1v) is 6.69. The van der Waals surface area contributed by atoms with Gasteiger partial charge in [-0.2, -0.15) is 5.10 Å². The molecule has 0 bridgehead atoms. The predicted molar refractivity (Wildman–Crippen MR) is 73.2 cm³/mol. The number of nitrogens with one attached hydrogen (secondary N) is 2. The third-order valence-electron chi connectivity index (χ3n) is 3.93. The molecule has 1 aliphatic rings. The molecule has 4 atom stereocenters. The number of hydrogen-bond acceptors (Lipinski definition) is 9. The Morgan fingerprint density at radius 2 is 2.14 bits per heavy atom. The molecule has 3 heterocycles. The fraction of sp³-hybridized carbons (Fsp3) is 0.583. The van der Waals surface area contributed by atoms with Gasteiger partial charge in [0.05, 0.1) is 17.7 Å². The van der Waals surface area contributed by atoms with Gasteiger partial charge in [0.25, 0.3) is 0 Å². The summed E-state index contributed by atoms with van der Waals surface area (Å²) in [6, 6.07) is 0. The smallest absolute Gasteiger partial charge is 0.165 e. The van der Waals surface area contributed by atoms with Crippen LogP contribution in [-0.2, 0) is 4.74 Å². The average Bonchev–Trinajstić information content (AvgIpc) is 2.97. The molecule has 22 heavy (non-hydrogen) atoms. The molecule has 0 aromatic carbocycles. The van der Waals surface area contributed by atoms with Gasteiger partial charge in [0.1, 0.15) is 23.9 Å². The van der Waals surface area contributed by atoms with Gasteiger partial charge in [0, 0.05) is 0 Å². The zero-order valence-electron chi connectivity index (χ0n) is 12.0. The van der Waals surface area contributed by atoms with E-state index < -0.39 is 30.5 Å². The largest absolute Gasteiger partial charge is 0.394 e. The summed E-state index contributed by atoms with van der Waals surface area (Å²) in [5, 5.41) is 46.1. The topological polar surface area (TPSA) is 157 Å². The number of aromatic amines is 1. The second-order valence-corrected chi connectivity index (χ2v) is 5.48. The Labute approximate surface area is 124 Å². The van der Waals surface area contributed by atoms with E-state index in [2.05, 4.69) is 20.2 Å². The average molecular weight is 311 g/mol. The molecule has 2 aromatic heterocycles. The SMILES string of the molecule is Cc1n[nH]c2nc([C@@H]3O[C@H](CO)[C@@H](O)[C@@]3(C)O)nc(NO)c12. The Morgan fingerprint density at radius 3 is 2.73 bits per heavy atom. The number of aliphatic hydroxyl groups excluding tert-OH is 2. The molecule has 3 rings (SSSR count). The highest BCUT2D eigenvalue weighted by Crippen LogP contribution is 2.41. The van der Waals surface area contributed by atoms with Crippen molar-refractivity contribution in [3.8, 4) is 0 Å². The van der Waals surface area contributed by atoms with Crippen molar-refractivity contribution in [2.45, 2.75) is 37.8 Å². The first-order valence-electron chi connectivity index (χ1n) is 6.69. The quantitative estimate of drug-likeness (QED) is 0.391. The van der Waals surface area contributed by atoms with Crippen molar-refractivity contribution in [2.24, 2.45) is 0 Å². The highest BCUT2D eigenvalue weighted by Gasteiger charge is 2.53. The lowest BCUT2D eigenvalue weighted by Gasteiger charge is -2.25. The Hall–Kier alpha value is -1.85. The molecular weight excluding hydrogens is 294 g/mol. The molecule has 0 radical (unpaired) electrons. The summed E-state index contributed by atoms with van der Waals surface area (Å²) in [6.45, 7) is 2.64. The van der Waals surface area contributed by atoms with Crippen LogP contribution in [0.15, 0.2) is 0 Å². The van der Waals surface area contributed by atoms with Crippen LogP contribution in [0.4, 0.5) is 5.82 Å². The van der Waals surface area contributed by atoms with Crippen LogP contribution in [0.3, 0.4) is 0 Å². The van der Waals surface area contributed by atoms with E-state index in [1.54, 1.807) is 6.92 Å². The Balaban J connectivity index is 2.10. The number of aliphatic hydroxyl groups is 3. The number of nitrogens with zero attached hydrogens (tertiary/aromatic N) is 3. The minimum atomic E-state index is -1.69. The van der Waals surface area contributed by atoms with E-state index in [9.17, 15) is 20.5 Å².